The lowest BCUT2D eigenvalue weighted by Crippen LogP contribution is -2.31. The first-order chi connectivity index (χ1) is 9.17. The molecule has 1 N–H and O–H groups in total. The monoisotopic (exact) mass is 289 g/mol. The Balaban J connectivity index is 2.75. The van der Waals surface area contributed by atoms with E-state index in [-0.39, 0.29) is 0 Å². The van der Waals surface area contributed by atoms with Crippen molar-refractivity contribution in [1.29, 1.82) is 0 Å². The van der Waals surface area contributed by atoms with Gasteiger partial charge in [0.05, 0.1) is 0 Å². The fraction of sp³-hybridized carbons (Fsp3) is 0.643. The van der Waals surface area contributed by atoms with Crippen LogP contribution in [-0.2, 0) is 6.54 Å². The summed E-state index contributed by atoms with van der Waals surface area (Å²) < 4.78 is 37.2. The van der Waals surface area contributed by atoms with E-state index in [0.717, 1.165) is 22.7 Å². The molecule has 1 rings (SSSR count). The third-order valence-corrected chi connectivity index (χ3v) is 2.69. The van der Waals surface area contributed by atoms with Crippen molar-refractivity contribution in [1.82, 2.24) is 10.3 Å². The smallest absolute Gasteiger partial charge is 0.351 e. The summed E-state index contributed by atoms with van der Waals surface area (Å²) in [6.45, 7) is 6.50. The minimum absolute atomic E-state index is 0.351. The molecule has 0 aromatic carbocycles. The van der Waals surface area contributed by atoms with Crippen LogP contribution in [0.4, 0.5) is 19.0 Å². The third-order valence-electron chi connectivity index (χ3n) is 2.69. The molecule has 0 fully saturated rings. The highest BCUT2D eigenvalue weighted by molar-refractivity contribution is 5.42. The van der Waals surface area contributed by atoms with Gasteiger partial charge in [0, 0.05) is 19.3 Å². The number of nitrogens with zero attached hydrogens (tertiary/aromatic N) is 2. The summed E-state index contributed by atoms with van der Waals surface area (Å²) in [5, 5.41) is 3.27. The van der Waals surface area contributed by atoms with Crippen molar-refractivity contribution in [3.8, 4) is 0 Å². The maximum Gasteiger partial charge on any atom is 0.405 e. The fourth-order valence-electron chi connectivity index (χ4n) is 1.87. The SMILES string of the molecule is Cc1cc(CNCC(C)C)cc(N(C)CC(F)(F)F)n1. The van der Waals surface area contributed by atoms with Gasteiger partial charge in [0.2, 0.25) is 0 Å². The van der Waals surface area contributed by atoms with E-state index in [1.165, 1.54) is 7.05 Å². The first-order valence-electron chi connectivity index (χ1n) is 6.63. The van der Waals surface area contributed by atoms with E-state index in [4.69, 9.17) is 0 Å². The van der Waals surface area contributed by atoms with Crippen LogP contribution in [0.15, 0.2) is 12.1 Å². The maximum atomic E-state index is 12.4. The van der Waals surface area contributed by atoms with Crippen molar-refractivity contribution >= 4 is 5.82 Å². The average molecular weight is 289 g/mol. The van der Waals surface area contributed by atoms with Gasteiger partial charge in [0.15, 0.2) is 0 Å². The third kappa shape index (κ3) is 6.23. The zero-order valence-corrected chi connectivity index (χ0v) is 12.4. The van der Waals surface area contributed by atoms with Gasteiger partial charge in [-0.3, -0.25) is 0 Å². The molecule has 0 saturated carbocycles. The largest absolute Gasteiger partial charge is 0.405 e. The van der Waals surface area contributed by atoms with Gasteiger partial charge in [-0.05, 0) is 37.1 Å². The Morgan fingerprint density at radius 3 is 2.50 bits per heavy atom. The molecule has 0 bridgehead atoms. The number of halogens is 3. The molecule has 0 spiro atoms. The van der Waals surface area contributed by atoms with Crippen molar-refractivity contribution in [2.45, 2.75) is 33.5 Å². The van der Waals surface area contributed by atoms with E-state index in [0.29, 0.717) is 18.3 Å². The molecule has 0 unspecified atom stereocenters. The Labute approximate surface area is 118 Å². The summed E-state index contributed by atoms with van der Waals surface area (Å²) in [6, 6.07) is 3.59. The Hall–Kier alpha value is -1.30. The van der Waals surface area contributed by atoms with Crippen LogP contribution in [0.3, 0.4) is 0 Å². The molecule has 1 aromatic rings. The molecule has 20 heavy (non-hydrogen) atoms. The molecular weight excluding hydrogens is 267 g/mol. The molecule has 0 radical (unpaired) electrons. The van der Waals surface area contributed by atoms with Gasteiger partial charge >= 0.3 is 6.18 Å². The number of aromatic nitrogens is 1. The second kappa shape index (κ2) is 6.92. The van der Waals surface area contributed by atoms with Gasteiger partial charge in [0.1, 0.15) is 12.4 Å². The van der Waals surface area contributed by atoms with E-state index in [2.05, 4.69) is 24.1 Å². The number of anilines is 1. The molecule has 0 atom stereocenters. The molecule has 6 heteroatoms. The normalized spacial score (nSPS) is 12.0. The van der Waals surface area contributed by atoms with Gasteiger partial charge in [0.25, 0.3) is 0 Å². The van der Waals surface area contributed by atoms with Gasteiger partial charge in [-0.2, -0.15) is 13.2 Å². The molecule has 3 nitrogen and oxygen atoms in total. The Kier molecular flexibility index (Phi) is 5.80. The molecule has 114 valence electrons. The van der Waals surface area contributed by atoms with Gasteiger partial charge in [-0.25, -0.2) is 4.98 Å². The zero-order chi connectivity index (χ0) is 15.3. The van der Waals surface area contributed by atoms with Gasteiger partial charge in [-0.15, -0.1) is 0 Å². The van der Waals surface area contributed by atoms with Crippen LogP contribution in [0.2, 0.25) is 0 Å². The maximum absolute atomic E-state index is 12.4. The first-order valence-corrected chi connectivity index (χ1v) is 6.63. The molecule has 0 amide bonds. The molecule has 0 aliphatic rings. The van der Waals surface area contributed by atoms with E-state index in [1.807, 2.05) is 6.07 Å². The predicted octanol–water partition coefficient (Wildman–Crippen LogP) is 3.13. The molecule has 0 saturated heterocycles. The number of hydrogen-bond acceptors (Lipinski definition) is 3. The van der Waals surface area contributed by atoms with Crippen LogP contribution >= 0.6 is 0 Å². The number of alkyl halides is 3. The van der Waals surface area contributed by atoms with Gasteiger partial charge in [-0.1, -0.05) is 13.8 Å². The molecular formula is C14H22F3N3. The molecule has 1 heterocycles. The van der Waals surface area contributed by atoms with Crippen molar-refractivity contribution in [3.63, 3.8) is 0 Å². The summed E-state index contributed by atoms with van der Waals surface area (Å²) >= 11 is 0. The van der Waals surface area contributed by atoms with Crippen molar-refractivity contribution < 1.29 is 13.2 Å². The molecule has 1 aromatic heterocycles. The van der Waals surface area contributed by atoms with E-state index < -0.39 is 12.7 Å². The van der Waals surface area contributed by atoms with E-state index in [1.54, 1.807) is 13.0 Å². The number of hydrogen-bond donors (Lipinski definition) is 1. The van der Waals surface area contributed by atoms with Crippen LogP contribution in [0.1, 0.15) is 25.1 Å². The van der Waals surface area contributed by atoms with Crippen LogP contribution in [-0.4, -0.2) is 31.3 Å². The van der Waals surface area contributed by atoms with Crippen molar-refractivity contribution in [2.24, 2.45) is 5.92 Å². The lowest BCUT2D eigenvalue weighted by atomic mass is 10.2. The zero-order valence-electron chi connectivity index (χ0n) is 12.4. The second-order valence-electron chi connectivity index (χ2n) is 5.47. The Morgan fingerprint density at radius 1 is 1.30 bits per heavy atom. The topological polar surface area (TPSA) is 28.2 Å². The number of aryl methyl sites for hydroxylation is 1. The highest BCUT2D eigenvalue weighted by Crippen LogP contribution is 2.20. The quantitative estimate of drug-likeness (QED) is 0.872. The lowest BCUT2D eigenvalue weighted by molar-refractivity contribution is -0.119. The highest BCUT2D eigenvalue weighted by atomic mass is 19.4. The summed E-state index contributed by atoms with van der Waals surface area (Å²) in [5.41, 5.74) is 1.67. The minimum atomic E-state index is -4.23. The second-order valence-corrected chi connectivity index (χ2v) is 5.47. The Morgan fingerprint density at radius 2 is 1.95 bits per heavy atom. The van der Waals surface area contributed by atoms with Crippen LogP contribution in [0.25, 0.3) is 0 Å². The van der Waals surface area contributed by atoms with Crippen molar-refractivity contribution in [2.75, 3.05) is 25.0 Å². The number of pyridine rings is 1. The summed E-state index contributed by atoms with van der Waals surface area (Å²) in [5.74, 6) is 0.883. The summed E-state index contributed by atoms with van der Waals surface area (Å²) in [4.78, 5) is 5.28. The number of rotatable bonds is 6. The van der Waals surface area contributed by atoms with E-state index in [9.17, 15) is 13.2 Å². The van der Waals surface area contributed by atoms with Crippen LogP contribution in [0, 0.1) is 12.8 Å². The summed E-state index contributed by atoms with van der Waals surface area (Å²) in [6.07, 6.45) is -4.23. The van der Waals surface area contributed by atoms with Crippen molar-refractivity contribution in [3.05, 3.63) is 23.4 Å². The predicted molar refractivity (Wildman–Crippen MR) is 74.8 cm³/mol. The molecule has 0 aliphatic heterocycles. The van der Waals surface area contributed by atoms with Crippen LogP contribution < -0.4 is 10.2 Å². The Bertz CT molecular complexity index is 430. The highest BCUT2D eigenvalue weighted by Gasteiger charge is 2.29. The lowest BCUT2D eigenvalue weighted by Gasteiger charge is -2.21. The van der Waals surface area contributed by atoms with E-state index >= 15 is 0 Å². The number of nitrogens with one attached hydrogen (secondary N) is 1. The fourth-order valence-corrected chi connectivity index (χ4v) is 1.87. The van der Waals surface area contributed by atoms with Gasteiger partial charge < -0.3 is 10.2 Å². The minimum Gasteiger partial charge on any atom is -0.351 e. The van der Waals surface area contributed by atoms with Crippen LogP contribution in [0.5, 0.6) is 0 Å². The first kappa shape index (κ1) is 16.8. The standard InChI is InChI=1S/C14H22F3N3/c1-10(2)7-18-8-12-5-11(3)19-13(6-12)20(4)9-14(15,16)17/h5-6,10,18H,7-9H2,1-4H3. The summed E-state index contributed by atoms with van der Waals surface area (Å²) in [7, 11) is 1.40. The average Bonchev–Trinajstić information content (AvgIpc) is 2.25. The molecule has 0 aliphatic carbocycles.